The van der Waals surface area contributed by atoms with Gasteiger partial charge in [-0.05, 0) is 37.8 Å². The van der Waals surface area contributed by atoms with Crippen LogP contribution in [0, 0.1) is 5.82 Å². The second-order valence-corrected chi connectivity index (χ2v) is 5.33. The fourth-order valence-electron chi connectivity index (χ4n) is 2.39. The lowest BCUT2D eigenvalue weighted by molar-refractivity contribution is 0.196. The summed E-state index contributed by atoms with van der Waals surface area (Å²) in [5.41, 5.74) is 6.02. The van der Waals surface area contributed by atoms with Crippen LogP contribution in [0.3, 0.4) is 0 Å². The summed E-state index contributed by atoms with van der Waals surface area (Å²) in [5, 5.41) is 0. The van der Waals surface area contributed by atoms with Crippen molar-refractivity contribution in [2.75, 3.05) is 19.6 Å². The van der Waals surface area contributed by atoms with Crippen LogP contribution in [0.1, 0.15) is 32.6 Å². The van der Waals surface area contributed by atoms with Crippen LogP contribution in [0.4, 0.5) is 4.39 Å². The van der Waals surface area contributed by atoms with Crippen molar-refractivity contribution in [3.05, 3.63) is 30.1 Å². The molecule has 1 aromatic rings. The smallest absolute Gasteiger partial charge is 0.191 e. The van der Waals surface area contributed by atoms with E-state index in [1.165, 1.54) is 25.3 Å². The monoisotopic (exact) mass is 421 g/mol. The molecule has 4 nitrogen and oxygen atoms in total. The molecular formula is C16H25FIN3O. The van der Waals surface area contributed by atoms with Gasteiger partial charge in [0.05, 0.1) is 6.54 Å². The average molecular weight is 421 g/mol. The van der Waals surface area contributed by atoms with Gasteiger partial charge in [-0.25, -0.2) is 9.38 Å². The van der Waals surface area contributed by atoms with Gasteiger partial charge in [0, 0.05) is 13.1 Å². The Morgan fingerprint density at radius 1 is 1.32 bits per heavy atom. The standard InChI is InChI=1S/C16H24FN3O.HI/c1-2-13(21-15-9-5-4-8-14(15)17)12-19-16(18)20-10-6-3-7-11-20;/h4-5,8-9,13H,2-3,6-7,10-12H2,1H3,(H2,18,19);1H. The third-order valence-electron chi connectivity index (χ3n) is 3.72. The molecule has 22 heavy (non-hydrogen) atoms. The number of ether oxygens (including phenoxy) is 1. The van der Waals surface area contributed by atoms with Crippen LogP contribution in [-0.4, -0.2) is 36.6 Å². The molecule has 0 aliphatic carbocycles. The Balaban J connectivity index is 0.00000242. The van der Waals surface area contributed by atoms with E-state index in [1.807, 2.05) is 6.92 Å². The summed E-state index contributed by atoms with van der Waals surface area (Å²) in [7, 11) is 0. The van der Waals surface area contributed by atoms with Crippen LogP contribution in [-0.2, 0) is 0 Å². The Bertz CT molecular complexity index is 478. The van der Waals surface area contributed by atoms with E-state index >= 15 is 0 Å². The van der Waals surface area contributed by atoms with Crippen molar-refractivity contribution in [2.45, 2.75) is 38.7 Å². The molecule has 1 aromatic carbocycles. The number of rotatable bonds is 5. The van der Waals surface area contributed by atoms with E-state index in [2.05, 4.69) is 9.89 Å². The van der Waals surface area contributed by atoms with Gasteiger partial charge < -0.3 is 15.4 Å². The first-order valence-electron chi connectivity index (χ1n) is 7.66. The number of para-hydroxylation sites is 1. The Kier molecular flexibility index (Phi) is 8.52. The lowest BCUT2D eigenvalue weighted by atomic mass is 10.1. The number of halogens is 2. The Morgan fingerprint density at radius 3 is 2.64 bits per heavy atom. The van der Waals surface area contributed by atoms with Crippen LogP contribution in [0.5, 0.6) is 5.75 Å². The van der Waals surface area contributed by atoms with Crippen molar-refractivity contribution in [3.63, 3.8) is 0 Å². The number of benzene rings is 1. The van der Waals surface area contributed by atoms with Crippen LogP contribution in [0.25, 0.3) is 0 Å². The van der Waals surface area contributed by atoms with E-state index < -0.39 is 0 Å². The van der Waals surface area contributed by atoms with Crippen molar-refractivity contribution in [2.24, 2.45) is 10.7 Å². The molecule has 0 bridgehead atoms. The third kappa shape index (κ3) is 5.62. The summed E-state index contributed by atoms with van der Waals surface area (Å²) in [5.74, 6) is 0.505. The Labute approximate surface area is 148 Å². The zero-order valence-corrected chi connectivity index (χ0v) is 15.3. The highest BCUT2D eigenvalue weighted by atomic mass is 127. The molecule has 0 radical (unpaired) electrons. The number of piperidine rings is 1. The number of nitrogens with two attached hydrogens (primary N) is 1. The van der Waals surface area contributed by atoms with Crippen molar-refractivity contribution in [3.8, 4) is 5.75 Å². The number of aliphatic imine (C=N–C) groups is 1. The van der Waals surface area contributed by atoms with Crippen LogP contribution in [0.15, 0.2) is 29.3 Å². The predicted octanol–water partition coefficient (Wildman–Crippen LogP) is 3.40. The topological polar surface area (TPSA) is 50.8 Å². The molecule has 0 spiro atoms. The van der Waals surface area contributed by atoms with Crippen molar-refractivity contribution in [1.29, 1.82) is 0 Å². The quantitative estimate of drug-likeness (QED) is 0.451. The summed E-state index contributed by atoms with van der Waals surface area (Å²) in [4.78, 5) is 6.53. The van der Waals surface area contributed by atoms with E-state index in [-0.39, 0.29) is 41.6 Å². The third-order valence-corrected chi connectivity index (χ3v) is 3.72. The molecule has 0 amide bonds. The lowest BCUT2D eigenvalue weighted by Crippen LogP contribution is -2.41. The van der Waals surface area contributed by atoms with Gasteiger partial charge in [0.25, 0.3) is 0 Å². The highest BCUT2D eigenvalue weighted by Gasteiger charge is 2.14. The van der Waals surface area contributed by atoms with Gasteiger partial charge in [0.2, 0.25) is 0 Å². The van der Waals surface area contributed by atoms with Crippen molar-refractivity contribution in [1.82, 2.24) is 4.90 Å². The molecule has 2 N–H and O–H groups in total. The molecule has 0 aromatic heterocycles. The van der Waals surface area contributed by atoms with E-state index in [0.717, 1.165) is 19.5 Å². The molecule has 0 saturated carbocycles. The maximum atomic E-state index is 13.6. The van der Waals surface area contributed by atoms with E-state index in [4.69, 9.17) is 10.5 Å². The Morgan fingerprint density at radius 2 is 2.00 bits per heavy atom. The second kappa shape index (κ2) is 9.86. The number of hydrogen-bond donors (Lipinski definition) is 1. The van der Waals surface area contributed by atoms with Crippen LogP contribution < -0.4 is 10.5 Å². The largest absolute Gasteiger partial charge is 0.485 e. The molecule has 1 heterocycles. The molecule has 1 aliphatic heterocycles. The van der Waals surface area contributed by atoms with E-state index in [1.54, 1.807) is 18.2 Å². The fourth-order valence-corrected chi connectivity index (χ4v) is 2.39. The molecular weight excluding hydrogens is 396 g/mol. The van der Waals surface area contributed by atoms with Gasteiger partial charge in [-0.2, -0.15) is 0 Å². The predicted molar refractivity (Wildman–Crippen MR) is 98.4 cm³/mol. The summed E-state index contributed by atoms with van der Waals surface area (Å²) >= 11 is 0. The van der Waals surface area contributed by atoms with E-state index in [9.17, 15) is 4.39 Å². The average Bonchev–Trinajstić information content (AvgIpc) is 2.53. The van der Waals surface area contributed by atoms with E-state index in [0.29, 0.717) is 12.5 Å². The molecule has 1 unspecified atom stereocenters. The summed E-state index contributed by atoms with van der Waals surface area (Å²) < 4.78 is 19.3. The Hall–Kier alpha value is -1.05. The highest BCUT2D eigenvalue weighted by Crippen LogP contribution is 2.18. The number of nitrogens with zero attached hydrogens (tertiary/aromatic N) is 2. The number of likely N-dealkylation sites (tertiary alicyclic amines) is 1. The normalized spacial score (nSPS) is 16.8. The first-order chi connectivity index (χ1) is 10.2. The molecule has 2 rings (SSSR count). The molecule has 124 valence electrons. The molecule has 6 heteroatoms. The summed E-state index contributed by atoms with van der Waals surface area (Å²) in [6.07, 6.45) is 4.19. The first-order valence-corrected chi connectivity index (χ1v) is 7.66. The summed E-state index contributed by atoms with van der Waals surface area (Å²) in [6.45, 7) is 4.39. The van der Waals surface area contributed by atoms with Gasteiger partial charge >= 0.3 is 0 Å². The molecule has 1 aliphatic rings. The lowest BCUT2D eigenvalue weighted by Gasteiger charge is -2.27. The maximum absolute atomic E-state index is 13.6. The minimum atomic E-state index is -0.344. The van der Waals surface area contributed by atoms with Gasteiger partial charge in [0.15, 0.2) is 17.5 Å². The highest BCUT2D eigenvalue weighted by molar-refractivity contribution is 14.0. The zero-order chi connectivity index (χ0) is 15.1. The first kappa shape index (κ1) is 19.0. The number of hydrogen-bond acceptors (Lipinski definition) is 2. The zero-order valence-electron chi connectivity index (χ0n) is 13.0. The SMILES string of the molecule is CCC(CN=C(N)N1CCCCC1)Oc1ccccc1F.I. The van der Waals surface area contributed by atoms with Crippen molar-refractivity contribution < 1.29 is 9.13 Å². The molecule has 1 fully saturated rings. The maximum Gasteiger partial charge on any atom is 0.191 e. The number of guanidine groups is 1. The fraction of sp³-hybridized carbons (Fsp3) is 0.562. The van der Waals surface area contributed by atoms with Crippen LogP contribution >= 0.6 is 24.0 Å². The molecule has 1 saturated heterocycles. The van der Waals surface area contributed by atoms with Gasteiger partial charge in [-0.1, -0.05) is 19.1 Å². The van der Waals surface area contributed by atoms with Crippen LogP contribution in [0.2, 0.25) is 0 Å². The minimum Gasteiger partial charge on any atom is -0.485 e. The summed E-state index contributed by atoms with van der Waals surface area (Å²) in [6, 6.07) is 6.44. The minimum absolute atomic E-state index is 0. The van der Waals surface area contributed by atoms with Gasteiger partial charge in [-0.15, -0.1) is 24.0 Å². The van der Waals surface area contributed by atoms with Crippen molar-refractivity contribution >= 4 is 29.9 Å². The molecule has 1 atom stereocenters. The second-order valence-electron chi connectivity index (χ2n) is 5.33. The van der Waals surface area contributed by atoms with Gasteiger partial charge in [0.1, 0.15) is 6.10 Å². The van der Waals surface area contributed by atoms with Gasteiger partial charge in [-0.3, -0.25) is 0 Å².